The Morgan fingerprint density at radius 1 is 1.21 bits per heavy atom. The molecule has 0 spiro atoms. The summed E-state index contributed by atoms with van der Waals surface area (Å²) in [6.07, 6.45) is 0. The molecular formula is C11H9NO2. The van der Waals surface area contributed by atoms with Gasteiger partial charge in [0.1, 0.15) is 0 Å². The summed E-state index contributed by atoms with van der Waals surface area (Å²) < 4.78 is 0. The number of hydrogen-bond donors (Lipinski definition) is 1. The first-order valence-corrected chi connectivity index (χ1v) is 4.02. The van der Waals surface area contributed by atoms with E-state index < -0.39 is 11.7 Å². The lowest BCUT2D eigenvalue weighted by molar-refractivity contribution is -0.114. The zero-order chi connectivity index (χ0) is 10.6. The van der Waals surface area contributed by atoms with Crippen LogP contribution in [0.25, 0.3) is 0 Å². The standard InChI is InChI=1S/C11H9NO2/c1-2-3-8-4-6-9(7-5-8)10(13)11(12)14/h4-7H,1H3,(H2,12,14). The number of primary amides is 1. The van der Waals surface area contributed by atoms with Crippen molar-refractivity contribution in [3.05, 3.63) is 35.4 Å². The van der Waals surface area contributed by atoms with Crippen molar-refractivity contribution in [1.82, 2.24) is 0 Å². The van der Waals surface area contributed by atoms with Gasteiger partial charge in [0.05, 0.1) is 0 Å². The van der Waals surface area contributed by atoms with Crippen molar-refractivity contribution in [3.63, 3.8) is 0 Å². The van der Waals surface area contributed by atoms with Gasteiger partial charge in [0.2, 0.25) is 5.78 Å². The fraction of sp³-hybridized carbons (Fsp3) is 0.0909. The fourth-order valence-electron chi connectivity index (χ4n) is 0.992. The van der Waals surface area contributed by atoms with E-state index in [1.807, 2.05) is 0 Å². The number of nitrogens with two attached hydrogens (primary N) is 1. The Morgan fingerprint density at radius 3 is 2.21 bits per heavy atom. The van der Waals surface area contributed by atoms with Crippen LogP contribution in [0.4, 0.5) is 0 Å². The molecule has 1 aromatic rings. The van der Waals surface area contributed by atoms with Gasteiger partial charge >= 0.3 is 0 Å². The third-order valence-electron chi connectivity index (χ3n) is 1.64. The zero-order valence-corrected chi connectivity index (χ0v) is 7.70. The van der Waals surface area contributed by atoms with Gasteiger partial charge in [-0.25, -0.2) is 0 Å². The van der Waals surface area contributed by atoms with Gasteiger partial charge in [0.25, 0.3) is 5.91 Å². The minimum absolute atomic E-state index is 0.291. The molecule has 0 heterocycles. The summed E-state index contributed by atoms with van der Waals surface area (Å²) in [5.74, 6) is 3.93. The van der Waals surface area contributed by atoms with E-state index in [9.17, 15) is 9.59 Å². The maximum Gasteiger partial charge on any atom is 0.289 e. The SMILES string of the molecule is CC#Cc1ccc(C(=O)C(N)=O)cc1. The van der Waals surface area contributed by atoms with Crippen molar-refractivity contribution in [2.75, 3.05) is 0 Å². The first-order chi connectivity index (χ1) is 6.65. The van der Waals surface area contributed by atoms with Crippen molar-refractivity contribution >= 4 is 11.7 Å². The molecular weight excluding hydrogens is 178 g/mol. The molecule has 0 aliphatic heterocycles. The molecule has 14 heavy (non-hydrogen) atoms. The van der Waals surface area contributed by atoms with E-state index in [1.165, 1.54) is 12.1 Å². The maximum atomic E-state index is 11.1. The largest absolute Gasteiger partial charge is 0.363 e. The molecule has 0 aliphatic carbocycles. The number of Topliss-reactive ketones (excluding diaryl/α,β-unsaturated/α-hetero) is 1. The minimum Gasteiger partial charge on any atom is -0.363 e. The fourth-order valence-corrected chi connectivity index (χ4v) is 0.992. The summed E-state index contributed by atoms with van der Waals surface area (Å²) in [4.78, 5) is 21.7. The Kier molecular flexibility index (Phi) is 3.03. The Bertz CT molecular complexity index is 421. The van der Waals surface area contributed by atoms with E-state index >= 15 is 0 Å². The average Bonchev–Trinajstić information content (AvgIpc) is 2.18. The zero-order valence-electron chi connectivity index (χ0n) is 7.70. The van der Waals surface area contributed by atoms with Gasteiger partial charge in [-0.1, -0.05) is 5.92 Å². The number of benzene rings is 1. The van der Waals surface area contributed by atoms with Gasteiger partial charge in [0, 0.05) is 11.1 Å². The molecule has 0 aliphatic rings. The van der Waals surface area contributed by atoms with E-state index in [1.54, 1.807) is 19.1 Å². The van der Waals surface area contributed by atoms with Crippen LogP contribution < -0.4 is 5.73 Å². The normalized spacial score (nSPS) is 8.64. The molecule has 0 unspecified atom stereocenters. The highest BCUT2D eigenvalue weighted by Crippen LogP contribution is 2.03. The third kappa shape index (κ3) is 2.20. The predicted molar refractivity (Wildman–Crippen MR) is 52.5 cm³/mol. The number of ketones is 1. The lowest BCUT2D eigenvalue weighted by Gasteiger charge is -1.95. The number of rotatable bonds is 2. The highest BCUT2D eigenvalue weighted by molar-refractivity contribution is 6.42. The molecule has 0 atom stereocenters. The van der Waals surface area contributed by atoms with Gasteiger partial charge < -0.3 is 5.73 Å². The predicted octanol–water partition coefficient (Wildman–Crippen LogP) is 0.726. The number of hydrogen-bond acceptors (Lipinski definition) is 2. The van der Waals surface area contributed by atoms with Crippen LogP contribution in [0.15, 0.2) is 24.3 Å². The summed E-state index contributed by atoms with van der Waals surface area (Å²) in [7, 11) is 0. The maximum absolute atomic E-state index is 11.1. The smallest absolute Gasteiger partial charge is 0.289 e. The molecule has 2 N–H and O–H groups in total. The molecule has 3 nitrogen and oxygen atoms in total. The molecule has 1 aromatic carbocycles. The highest BCUT2D eigenvalue weighted by atomic mass is 16.2. The van der Waals surface area contributed by atoms with Crippen LogP contribution in [-0.4, -0.2) is 11.7 Å². The van der Waals surface area contributed by atoms with E-state index in [-0.39, 0.29) is 0 Å². The Labute approximate surface area is 81.9 Å². The Balaban J connectivity index is 2.98. The van der Waals surface area contributed by atoms with Crippen LogP contribution >= 0.6 is 0 Å². The average molecular weight is 187 g/mol. The molecule has 0 fully saturated rings. The molecule has 1 rings (SSSR count). The first-order valence-electron chi connectivity index (χ1n) is 4.02. The summed E-state index contributed by atoms with van der Waals surface area (Å²) >= 11 is 0. The van der Waals surface area contributed by atoms with Crippen LogP contribution in [0, 0.1) is 11.8 Å². The van der Waals surface area contributed by atoms with Crippen molar-refractivity contribution in [2.24, 2.45) is 5.73 Å². The number of carbonyl (C=O) groups is 2. The summed E-state index contributed by atoms with van der Waals surface area (Å²) in [5, 5.41) is 0. The quantitative estimate of drug-likeness (QED) is 0.421. The van der Waals surface area contributed by atoms with Crippen LogP contribution in [0.2, 0.25) is 0 Å². The molecule has 1 amide bonds. The van der Waals surface area contributed by atoms with Crippen LogP contribution in [0.3, 0.4) is 0 Å². The van der Waals surface area contributed by atoms with E-state index in [0.717, 1.165) is 5.56 Å². The lowest BCUT2D eigenvalue weighted by atomic mass is 10.1. The van der Waals surface area contributed by atoms with Crippen molar-refractivity contribution in [1.29, 1.82) is 0 Å². The van der Waals surface area contributed by atoms with E-state index in [2.05, 4.69) is 11.8 Å². The topological polar surface area (TPSA) is 60.2 Å². The van der Waals surface area contributed by atoms with Crippen molar-refractivity contribution in [3.8, 4) is 11.8 Å². The minimum atomic E-state index is -0.945. The van der Waals surface area contributed by atoms with Gasteiger partial charge in [-0.3, -0.25) is 9.59 Å². The molecule has 0 saturated heterocycles. The third-order valence-corrected chi connectivity index (χ3v) is 1.64. The lowest BCUT2D eigenvalue weighted by Crippen LogP contribution is -2.22. The van der Waals surface area contributed by atoms with Gasteiger partial charge in [-0.05, 0) is 31.2 Å². The van der Waals surface area contributed by atoms with E-state index in [4.69, 9.17) is 5.73 Å². The molecule has 0 radical (unpaired) electrons. The van der Waals surface area contributed by atoms with E-state index in [0.29, 0.717) is 5.56 Å². The van der Waals surface area contributed by atoms with Crippen LogP contribution in [-0.2, 0) is 4.79 Å². The van der Waals surface area contributed by atoms with Gasteiger partial charge in [-0.2, -0.15) is 0 Å². The first kappa shape index (κ1) is 10.0. The summed E-state index contributed by atoms with van der Waals surface area (Å²) in [6.45, 7) is 1.72. The number of carbonyl (C=O) groups excluding carboxylic acids is 2. The summed E-state index contributed by atoms with van der Waals surface area (Å²) in [5.41, 5.74) is 5.94. The second kappa shape index (κ2) is 4.24. The second-order valence-electron chi connectivity index (χ2n) is 2.65. The summed E-state index contributed by atoms with van der Waals surface area (Å²) in [6, 6.07) is 6.42. The van der Waals surface area contributed by atoms with Crippen LogP contribution in [0.1, 0.15) is 22.8 Å². The highest BCUT2D eigenvalue weighted by Gasteiger charge is 2.10. The Hall–Kier alpha value is -2.08. The van der Waals surface area contributed by atoms with Gasteiger partial charge in [-0.15, -0.1) is 5.92 Å². The monoisotopic (exact) mass is 187 g/mol. The van der Waals surface area contributed by atoms with Crippen molar-refractivity contribution in [2.45, 2.75) is 6.92 Å². The van der Waals surface area contributed by atoms with Crippen LogP contribution in [0.5, 0.6) is 0 Å². The Morgan fingerprint density at radius 2 is 1.79 bits per heavy atom. The van der Waals surface area contributed by atoms with Crippen molar-refractivity contribution < 1.29 is 9.59 Å². The molecule has 0 bridgehead atoms. The molecule has 3 heteroatoms. The number of amides is 1. The molecule has 70 valence electrons. The molecule has 0 saturated carbocycles. The second-order valence-corrected chi connectivity index (χ2v) is 2.65. The van der Waals surface area contributed by atoms with Gasteiger partial charge in [0.15, 0.2) is 0 Å². The molecule has 0 aromatic heterocycles.